The summed E-state index contributed by atoms with van der Waals surface area (Å²) in [7, 11) is 0. The molecule has 3 rings (SSSR count). The Hall–Kier alpha value is -2.42. The summed E-state index contributed by atoms with van der Waals surface area (Å²) in [6.07, 6.45) is -0.155. The average Bonchev–Trinajstić information content (AvgIpc) is 2.98. The van der Waals surface area contributed by atoms with Crippen LogP contribution in [0.1, 0.15) is 11.1 Å². The first kappa shape index (κ1) is 12.6. The van der Waals surface area contributed by atoms with Crippen LogP contribution in [-0.4, -0.2) is 18.5 Å². The number of benzene rings is 2. The third kappa shape index (κ3) is 2.48. The van der Waals surface area contributed by atoms with Gasteiger partial charge in [-0.1, -0.05) is 36.9 Å². The minimum Gasteiger partial charge on any atom is -0.467 e. The second-order valence-electron chi connectivity index (χ2n) is 4.65. The Morgan fingerprint density at radius 3 is 2.50 bits per heavy atom. The van der Waals surface area contributed by atoms with Gasteiger partial charge < -0.3 is 4.74 Å². The zero-order chi connectivity index (χ0) is 13.9. The molecule has 0 saturated carbocycles. The van der Waals surface area contributed by atoms with Crippen molar-refractivity contribution in [2.24, 2.45) is 4.99 Å². The Labute approximate surface area is 117 Å². The number of ether oxygens (including phenoxy) is 1. The molecule has 0 radical (unpaired) electrons. The summed E-state index contributed by atoms with van der Waals surface area (Å²) < 4.78 is 18.7. The monoisotopic (exact) mass is 267 g/mol. The molecule has 2 aromatic carbocycles. The Kier molecular flexibility index (Phi) is 3.33. The van der Waals surface area contributed by atoms with E-state index in [2.05, 4.69) is 11.6 Å². The standard InChI is InChI=1S/C17H14FNO/c1-12(13-5-3-2-4-6-13)16-11-19-17(20-16)14-7-9-15(18)10-8-14/h2-10,16H,1,11H2. The van der Waals surface area contributed by atoms with Crippen LogP contribution in [0.15, 0.2) is 66.2 Å². The lowest BCUT2D eigenvalue weighted by molar-refractivity contribution is 0.284. The van der Waals surface area contributed by atoms with E-state index in [9.17, 15) is 4.39 Å². The van der Waals surface area contributed by atoms with Crippen LogP contribution >= 0.6 is 0 Å². The summed E-state index contributed by atoms with van der Waals surface area (Å²) in [6, 6.07) is 16.1. The molecule has 1 aliphatic heterocycles. The first-order valence-electron chi connectivity index (χ1n) is 6.45. The van der Waals surface area contributed by atoms with Crippen molar-refractivity contribution in [3.63, 3.8) is 0 Å². The molecule has 0 bridgehead atoms. The molecule has 1 aliphatic rings. The molecule has 2 aromatic rings. The second kappa shape index (κ2) is 5.29. The van der Waals surface area contributed by atoms with E-state index in [-0.39, 0.29) is 11.9 Å². The van der Waals surface area contributed by atoms with Gasteiger partial charge in [0.25, 0.3) is 0 Å². The third-order valence-electron chi connectivity index (χ3n) is 3.28. The van der Waals surface area contributed by atoms with E-state index >= 15 is 0 Å². The van der Waals surface area contributed by atoms with Crippen LogP contribution in [-0.2, 0) is 4.74 Å². The molecular formula is C17H14FNO. The van der Waals surface area contributed by atoms with Gasteiger partial charge in [0.2, 0.25) is 5.90 Å². The van der Waals surface area contributed by atoms with Crippen LogP contribution < -0.4 is 0 Å². The fourth-order valence-electron chi connectivity index (χ4n) is 2.15. The topological polar surface area (TPSA) is 21.6 Å². The molecular weight excluding hydrogens is 253 g/mol. The summed E-state index contributed by atoms with van der Waals surface area (Å²) in [6.45, 7) is 4.63. The number of aliphatic imine (C=N–C) groups is 1. The first-order valence-corrected chi connectivity index (χ1v) is 6.45. The van der Waals surface area contributed by atoms with Crippen molar-refractivity contribution >= 4 is 11.5 Å². The molecule has 0 N–H and O–H groups in total. The molecule has 0 spiro atoms. The summed E-state index contributed by atoms with van der Waals surface area (Å²) in [5.74, 6) is 0.282. The zero-order valence-corrected chi connectivity index (χ0v) is 10.9. The summed E-state index contributed by atoms with van der Waals surface area (Å²) in [5, 5.41) is 0. The fraction of sp³-hybridized carbons (Fsp3) is 0.118. The molecule has 0 aromatic heterocycles. The normalized spacial score (nSPS) is 17.4. The highest BCUT2D eigenvalue weighted by atomic mass is 19.1. The molecule has 0 fully saturated rings. The number of hydrogen-bond acceptors (Lipinski definition) is 2. The van der Waals surface area contributed by atoms with Gasteiger partial charge in [-0.2, -0.15) is 0 Å². The Bertz CT molecular complexity index is 646. The highest BCUT2D eigenvalue weighted by Crippen LogP contribution is 2.24. The van der Waals surface area contributed by atoms with Crippen LogP contribution in [0, 0.1) is 5.82 Å². The molecule has 100 valence electrons. The van der Waals surface area contributed by atoms with Crippen molar-refractivity contribution in [1.29, 1.82) is 0 Å². The van der Waals surface area contributed by atoms with Gasteiger partial charge in [0.05, 0.1) is 6.54 Å². The van der Waals surface area contributed by atoms with Gasteiger partial charge >= 0.3 is 0 Å². The van der Waals surface area contributed by atoms with E-state index in [1.54, 1.807) is 12.1 Å². The predicted molar refractivity (Wildman–Crippen MR) is 78.2 cm³/mol. The fourth-order valence-corrected chi connectivity index (χ4v) is 2.15. The Morgan fingerprint density at radius 2 is 1.80 bits per heavy atom. The minimum atomic E-state index is -0.266. The van der Waals surface area contributed by atoms with Crippen molar-refractivity contribution < 1.29 is 9.13 Å². The van der Waals surface area contributed by atoms with E-state index in [1.165, 1.54) is 12.1 Å². The number of nitrogens with zero attached hydrogens (tertiary/aromatic N) is 1. The zero-order valence-electron chi connectivity index (χ0n) is 10.9. The van der Waals surface area contributed by atoms with Gasteiger partial charge in [0.15, 0.2) is 0 Å². The van der Waals surface area contributed by atoms with Gasteiger partial charge in [0, 0.05) is 5.56 Å². The number of hydrogen-bond donors (Lipinski definition) is 0. The van der Waals surface area contributed by atoms with E-state index in [0.717, 1.165) is 16.7 Å². The molecule has 1 atom stereocenters. The third-order valence-corrected chi connectivity index (χ3v) is 3.28. The van der Waals surface area contributed by atoms with Crippen molar-refractivity contribution in [3.05, 3.63) is 78.1 Å². The average molecular weight is 267 g/mol. The Balaban J connectivity index is 1.73. The molecule has 2 nitrogen and oxygen atoms in total. The van der Waals surface area contributed by atoms with E-state index in [4.69, 9.17) is 4.74 Å². The highest BCUT2D eigenvalue weighted by molar-refractivity contribution is 5.96. The van der Waals surface area contributed by atoms with Crippen LogP contribution in [0.25, 0.3) is 5.57 Å². The maximum atomic E-state index is 12.9. The lowest BCUT2D eigenvalue weighted by atomic mass is 10.0. The van der Waals surface area contributed by atoms with Gasteiger partial charge in [0.1, 0.15) is 11.9 Å². The molecule has 20 heavy (non-hydrogen) atoms. The molecule has 1 unspecified atom stereocenters. The Morgan fingerprint density at radius 1 is 1.10 bits per heavy atom. The van der Waals surface area contributed by atoms with Crippen molar-refractivity contribution in [2.75, 3.05) is 6.54 Å². The molecule has 1 heterocycles. The van der Waals surface area contributed by atoms with Crippen molar-refractivity contribution in [2.45, 2.75) is 6.10 Å². The molecule has 3 heteroatoms. The van der Waals surface area contributed by atoms with E-state index in [0.29, 0.717) is 12.4 Å². The maximum absolute atomic E-state index is 12.9. The van der Waals surface area contributed by atoms with Crippen LogP contribution in [0.4, 0.5) is 4.39 Å². The SMILES string of the molecule is C=C(c1ccccc1)C1CN=C(c2ccc(F)cc2)O1. The smallest absolute Gasteiger partial charge is 0.216 e. The molecule has 0 saturated heterocycles. The van der Waals surface area contributed by atoms with Crippen molar-refractivity contribution in [1.82, 2.24) is 0 Å². The number of rotatable bonds is 3. The maximum Gasteiger partial charge on any atom is 0.216 e. The predicted octanol–water partition coefficient (Wildman–Crippen LogP) is 3.68. The lowest BCUT2D eigenvalue weighted by Gasteiger charge is -2.14. The van der Waals surface area contributed by atoms with E-state index in [1.807, 2.05) is 30.3 Å². The first-order chi connectivity index (χ1) is 9.74. The van der Waals surface area contributed by atoms with Crippen LogP contribution in [0.2, 0.25) is 0 Å². The van der Waals surface area contributed by atoms with Gasteiger partial charge in [-0.25, -0.2) is 9.38 Å². The minimum absolute atomic E-state index is 0.155. The summed E-state index contributed by atoms with van der Waals surface area (Å²) in [4.78, 5) is 4.37. The van der Waals surface area contributed by atoms with Gasteiger partial charge in [-0.15, -0.1) is 0 Å². The summed E-state index contributed by atoms with van der Waals surface area (Å²) in [5.41, 5.74) is 2.74. The quantitative estimate of drug-likeness (QED) is 0.831. The van der Waals surface area contributed by atoms with Crippen molar-refractivity contribution in [3.8, 4) is 0 Å². The molecule has 0 aliphatic carbocycles. The van der Waals surface area contributed by atoms with E-state index < -0.39 is 0 Å². The van der Waals surface area contributed by atoms with Crippen LogP contribution in [0.3, 0.4) is 0 Å². The lowest BCUT2D eigenvalue weighted by Crippen LogP contribution is -2.15. The van der Waals surface area contributed by atoms with Gasteiger partial charge in [-0.05, 0) is 35.4 Å². The molecule has 0 amide bonds. The number of halogens is 1. The summed E-state index contributed by atoms with van der Waals surface area (Å²) >= 11 is 0. The second-order valence-corrected chi connectivity index (χ2v) is 4.65. The van der Waals surface area contributed by atoms with Crippen LogP contribution in [0.5, 0.6) is 0 Å². The largest absolute Gasteiger partial charge is 0.467 e. The van der Waals surface area contributed by atoms with Gasteiger partial charge in [-0.3, -0.25) is 0 Å². The highest BCUT2D eigenvalue weighted by Gasteiger charge is 2.24.